The molecule has 7 aromatic rings. The average molecular weight is 517 g/mol. The van der Waals surface area contributed by atoms with Gasteiger partial charge in [0, 0.05) is 31.9 Å². The Bertz CT molecular complexity index is 1930. The lowest BCUT2D eigenvalue weighted by Gasteiger charge is -2.33. The van der Waals surface area contributed by atoms with Crippen molar-refractivity contribution in [3.8, 4) is 16.8 Å². The third kappa shape index (κ3) is 3.58. The summed E-state index contributed by atoms with van der Waals surface area (Å²) in [5, 5.41) is 2.57. The number of rotatable bonds is 3. The van der Waals surface area contributed by atoms with Gasteiger partial charge in [0.2, 0.25) is 0 Å². The first-order valence-corrected chi connectivity index (χ1v) is 14.0. The van der Waals surface area contributed by atoms with Crippen LogP contribution in [-0.4, -0.2) is 4.57 Å². The number of hydrogen-bond acceptors (Lipinski definition) is 2. The highest BCUT2D eigenvalue weighted by molar-refractivity contribution is 7.99. The number of fused-ring (bicyclic) bond motifs is 5. The van der Waals surface area contributed by atoms with E-state index in [4.69, 9.17) is 0 Å². The van der Waals surface area contributed by atoms with E-state index >= 15 is 0 Å². The molecular formula is C36H24N2S. The lowest BCUT2D eigenvalue weighted by atomic mass is 10.0. The van der Waals surface area contributed by atoms with Crippen molar-refractivity contribution in [2.24, 2.45) is 0 Å². The molecule has 0 aliphatic carbocycles. The molecule has 0 fully saturated rings. The van der Waals surface area contributed by atoms with Crippen molar-refractivity contribution in [3.05, 3.63) is 146 Å². The van der Waals surface area contributed by atoms with Crippen molar-refractivity contribution in [1.29, 1.82) is 0 Å². The summed E-state index contributed by atoms with van der Waals surface area (Å²) >= 11 is 1.85. The van der Waals surface area contributed by atoms with Crippen LogP contribution < -0.4 is 4.90 Å². The Morgan fingerprint density at radius 2 is 1.00 bits per heavy atom. The number of para-hydroxylation sites is 4. The number of nitrogens with zero attached hydrogens (tertiary/aromatic N) is 2. The molecule has 0 amide bonds. The monoisotopic (exact) mass is 516 g/mol. The maximum absolute atomic E-state index is 2.37. The number of hydrogen-bond donors (Lipinski definition) is 0. The van der Waals surface area contributed by atoms with Gasteiger partial charge >= 0.3 is 0 Å². The van der Waals surface area contributed by atoms with E-state index in [1.807, 2.05) is 11.8 Å². The van der Waals surface area contributed by atoms with Crippen molar-refractivity contribution in [2.75, 3.05) is 4.90 Å². The van der Waals surface area contributed by atoms with E-state index in [0.29, 0.717) is 0 Å². The third-order valence-corrected chi connectivity index (χ3v) is 8.69. The molecule has 0 bridgehead atoms. The fourth-order valence-electron chi connectivity index (χ4n) is 5.80. The average Bonchev–Trinajstić information content (AvgIpc) is 3.34. The van der Waals surface area contributed by atoms with Gasteiger partial charge < -0.3 is 9.47 Å². The summed E-state index contributed by atoms with van der Waals surface area (Å²) in [5.74, 6) is 0. The molecule has 1 aliphatic heterocycles. The lowest BCUT2D eigenvalue weighted by molar-refractivity contribution is 1.16. The summed E-state index contributed by atoms with van der Waals surface area (Å²) in [7, 11) is 0. The molecule has 1 aromatic heterocycles. The first kappa shape index (κ1) is 22.3. The zero-order chi connectivity index (χ0) is 25.8. The molecule has 184 valence electrons. The standard InChI is InChI=1S/C36H24N2S/c1-2-10-27(11-3-1)38-33-16-8-9-17-35(33)39-36-24-26(20-23-34(36)38)25-18-21-28(22-19-25)37-31-14-6-4-12-29(31)30-13-5-7-15-32(30)37/h1-24H. The van der Waals surface area contributed by atoms with Gasteiger partial charge in [0.25, 0.3) is 0 Å². The van der Waals surface area contributed by atoms with E-state index < -0.39 is 0 Å². The first-order chi connectivity index (χ1) is 19.3. The number of aromatic nitrogens is 1. The highest BCUT2D eigenvalue weighted by Crippen LogP contribution is 2.52. The minimum absolute atomic E-state index is 1.17. The second-order valence-corrected chi connectivity index (χ2v) is 10.9. The van der Waals surface area contributed by atoms with Crippen LogP contribution in [0.15, 0.2) is 155 Å². The van der Waals surface area contributed by atoms with Gasteiger partial charge in [0.15, 0.2) is 0 Å². The van der Waals surface area contributed by atoms with Crippen LogP contribution in [0, 0.1) is 0 Å². The zero-order valence-corrected chi connectivity index (χ0v) is 22.0. The SMILES string of the molecule is c1ccc(N2c3ccccc3Sc3cc(-c4ccc(-n5c6ccccc6c6ccccc65)cc4)ccc32)cc1. The van der Waals surface area contributed by atoms with Gasteiger partial charge in [-0.1, -0.05) is 96.7 Å². The van der Waals surface area contributed by atoms with E-state index in [1.165, 1.54) is 65.5 Å². The van der Waals surface area contributed by atoms with Gasteiger partial charge in [0.1, 0.15) is 0 Å². The van der Waals surface area contributed by atoms with Crippen molar-refractivity contribution < 1.29 is 0 Å². The van der Waals surface area contributed by atoms with Crippen molar-refractivity contribution in [3.63, 3.8) is 0 Å². The van der Waals surface area contributed by atoms with E-state index in [9.17, 15) is 0 Å². The highest BCUT2D eigenvalue weighted by atomic mass is 32.2. The molecule has 8 rings (SSSR count). The molecule has 0 spiro atoms. The van der Waals surface area contributed by atoms with Crippen LogP contribution in [0.25, 0.3) is 38.6 Å². The lowest BCUT2D eigenvalue weighted by Crippen LogP contribution is -2.14. The first-order valence-electron chi connectivity index (χ1n) is 13.2. The molecule has 0 N–H and O–H groups in total. The molecule has 2 heterocycles. The van der Waals surface area contributed by atoms with E-state index in [1.54, 1.807) is 0 Å². The van der Waals surface area contributed by atoms with Gasteiger partial charge in [-0.15, -0.1) is 0 Å². The van der Waals surface area contributed by atoms with Gasteiger partial charge in [-0.3, -0.25) is 0 Å². The Balaban J connectivity index is 1.21. The summed E-state index contributed by atoms with van der Waals surface area (Å²) in [6, 6.07) is 52.4. The Kier molecular flexibility index (Phi) is 5.10. The number of anilines is 3. The molecule has 0 unspecified atom stereocenters. The van der Waals surface area contributed by atoms with Crippen LogP contribution in [-0.2, 0) is 0 Å². The topological polar surface area (TPSA) is 8.17 Å². The van der Waals surface area contributed by atoms with Crippen molar-refractivity contribution >= 4 is 50.6 Å². The zero-order valence-electron chi connectivity index (χ0n) is 21.2. The van der Waals surface area contributed by atoms with Crippen LogP contribution in [0.1, 0.15) is 0 Å². The fraction of sp³-hybridized carbons (Fsp3) is 0. The minimum Gasteiger partial charge on any atom is -0.309 e. The Morgan fingerprint density at radius 1 is 0.410 bits per heavy atom. The Hall–Kier alpha value is -4.73. The van der Waals surface area contributed by atoms with Crippen molar-refractivity contribution in [2.45, 2.75) is 9.79 Å². The fourth-order valence-corrected chi connectivity index (χ4v) is 6.89. The van der Waals surface area contributed by atoms with Gasteiger partial charge in [0.05, 0.1) is 22.4 Å². The van der Waals surface area contributed by atoms with Gasteiger partial charge in [-0.25, -0.2) is 0 Å². The molecule has 0 saturated heterocycles. The molecule has 2 nitrogen and oxygen atoms in total. The molecule has 39 heavy (non-hydrogen) atoms. The maximum atomic E-state index is 2.37. The van der Waals surface area contributed by atoms with Crippen LogP contribution in [0.2, 0.25) is 0 Å². The predicted molar refractivity (Wildman–Crippen MR) is 165 cm³/mol. The van der Waals surface area contributed by atoms with Crippen molar-refractivity contribution in [1.82, 2.24) is 4.57 Å². The van der Waals surface area contributed by atoms with Crippen LogP contribution in [0.5, 0.6) is 0 Å². The molecule has 3 heteroatoms. The smallest absolute Gasteiger partial charge is 0.0602 e. The van der Waals surface area contributed by atoms with Crippen LogP contribution in [0.4, 0.5) is 17.1 Å². The quantitative estimate of drug-likeness (QED) is 0.231. The molecule has 0 atom stereocenters. The second kappa shape index (κ2) is 8.93. The summed E-state index contributed by atoms with van der Waals surface area (Å²) in [5.41, 5.74) is 9.70. The minimum atomic E-state index is 1.17. The summed E-state index contributed by atoms with van der Waals surface area (Å²) < 4.78 is 2.37. The normalized spacial score (nSPS) is 12.5. The molecule has 0 saturated carbocycles. The van der Waals surface area contributed by atoms with E-state index in [2.05, 4.69) is 155 Å². The molecule has 0 radical (unpaired) electrons. The summed E-state index contributed by atoms with van der Waals surface area (Å²) in [6.07, 6.45) is 0. The van der Waals surface area contributed by atoms with E-state index in [0.717, 1.165) is 0 Å². The van der Waals surface area contributed by atoms with Crippen LogP contribution >= 0.6 is 11.8 Å². The van der Waals surface area contributed by atoms with E-state index in [-0.39, 0.29) is 0 Å². The third-order valence-electron chi connectivity index (χ3n) is 7.58. The number of benzene rings is 6. The van der Waals surface area contributed by atoms with Gasteiger partial charge in [-0.05, 0) is 71.8 Å². The molecular weight excluding hydrogens is 492 g/mol. The Labute approximate surface area is 231 Å². The molecule has 6 aromatic carbocycles. The maximum Gasteiger partial charge on any atom is 0.0602 e. The Morgan fingerprint density at radius 3 is 1.74 bits per heavy atom. The second-order valence-electron chi connectivity index (χ2n) is 9.84. The molecule has 1 aliphatic rings. The van der Waals surface area contributed by atoms with Crippen LogP contribution in [0.3, 0.4) is 0 Å². The summed E-state index contributed by atoms with van der Waals surface area (Å²) in [4.78, 5) is 4.91. The highest BCUT2D eigenvalue weighted by Gasteiger charge is 2.25. The largest absolute Gasteiger partial charge is 0.309 e. The van der Waals surface area contributed by atoms with Gasteiger partial charge in [-0.2, -0.15) is 0 Å². The summed E-state index contributed by atoms with van der Waals surface area (Å²) in [6.45, 7) is 0. The predicted octanol–water partition coefficient (Wildman–Crippen LogP) is 10.4.